The predicted octanol–water partition coefficient (Wildman–Crippen LogP) is 1.04. The Bertz CT molecular complexity index is 316. The molecular weight excluding hydrogens is 220 g/mol. The zero-order valence-electron chi connectivity index (χ0n) is 11.1. The molecule has 98 valence electrons. The van der Waals surface area contributed by atoms with Crippen LogP contribution in [0.15, 0.2) is 4.42 Å². The molecule has 0 fully saturated rings. The van der Waals surface area contributed by atoms with E-state index in [0.29, 0.717) is 31.1 Å². The minimum Gasteiger partial charge on any atom is -0.407 e. The summed E-state index contributed by atoms with van der Waals surface area (Å²) >= 11 is 0. The number of hydrogen-bond donors (Lipinski definition) is 1. The van der Waals surface area contributed by atoms with Crippen LogP contribution in [-0.4, -0.2) is 43.5 Å². The molecule has 0 amide bonds. The second-order valence-electron chi connectivity index (χ2n) is 3.95. The molecule has 1 heterocycles. The van der Waals surface area contributed by atoms with E-state index in [4.69, 9.17) is 9.15 Å². The Labute approximate surface area is 102 Å². The summed E-state index contributed by atoms with van der Waals surface area (Å²) in [4.78, 5) is 2.08. The Balaban J connectivity index is 2.72. The van der Waals surface area contributed by atoms with E-state index in [1.54, 1.807) is 7.11 Å². The molecule has 0 saturated carbocycles. The van der Waals surface area contributed by atoms with Gasteiger partial charge >= 0.3 is 6.01 Å². The Hall–Kier alpha value is -1.14. The maximum Gasteiger partial charge on any atom is 0.318 e. The van der Waals surface area contributed by atoms with Crippen molar-refractivity contribution in [3.63, 3.8) is 0 Å². The van der Waals surface area contributed by atoms with Gasteiger partial charge in [-0.3, -0.25) is 0 Å². The summed E-state index contributed by atoms with van der Waals surface area (Å²) in [6.45, 7) is 6.26. The van der Waals surface area contributed by atoms with E-state index in [1.165, 1.54) is 0 Å². The van der Waals surface area contributed by atoms with Gasteiger partial charge in [0.05, 0.1) is 13.2 Å². The van der Waals surface area contributed by atoms with Crippen molar-refractivity contribution in [1.29, 1.82) is 0 Å². The highest BCUT2D eigenvalue weighted by Gasteiger charge is 2.18. The first-order valence-corrected chi connectivity index (χ1v) is 5.95. The fraction of sp³-hybridized carbons (Fsp3) is 0.818. The molecule has 0 saturated heterocycles. The second-order valence-corrected chi connectivity index (χ2v) is 3.95. The fourth-order valence-corrected chi connectivity index (χ4v) is 1.50. The number of nitrogens with zero attached hydrogens (tertiary/aromatic N) is 3. The number of rotatable bonds is 8. The number of ether oxygens (including phenoxy) is 1. The summed E-state index contributed by atoms with van der Waals surface area (Å²) < 4.78 is 10.7. The summed E-state index contributed by atoms with van der Waals surface area (Å²) in [7, 11) is 3.54. The third kappa shape index (κ3) is 3.98. The Kier molecular flexibility index (Phi) is 5.93. The van der Waals surface area contributed by atoms with Crippen LogP contribution in [0.25, 0.3) is 0 Å². The smallest absolute Gasteiger partial charge is 0.318 e. The van der Waals surface area contributed by atoms with E-state index < -0.39 is 0 Å². The monoisotopic (exact) mass is 242 g/mol. The normalized spacial score (nSPS) is 12.7. The fourth-order valence-electron chi connectivity index (χ4n) is 1.50. The van der Waals surface area contributed by atoms with E-state index >= 15 is 0 Å². The summed E-state index contributed by atoms with van der Waals surface area (Å²) in [6.07, 6.45) is 1.02. The van der Waals surface area contributed by atoms with Gasteiger partial charge in [-0.15, -0.1) is 5.10 Å². The van der Waals surface area contributed by atoms with Crippen molar-refractivity contribution in [2.45, 2.75) is 32.9 Å². The first kappa shape index (κ1) is 13.9. The first-order valence-electron chi connectivity index (χ1n) is 5.95. The van der Waals surface area contributed by atoms with Crippen LogP contribution in [0.1, 0.15) is 26.2 Å². The van der Waals surface area contributed by atoms with E-state index in [2.05, 4.69) is 34.3 Å². The SMILES string of the molecule is CCC(C)N(CCOC)c1nnc(CNC)o1. The maximum atomic E-state index is 5.59. The Morgan fingerprint density at radius 1 is 1.47 bits per heavy atom. The average molecular weight is 242 g/mol. The van der Waals surface area contributed by atoms with Crippen molar-refractivity contribution in [1.82, 2.24) is 15.5 Å². The highest BCUT2D eigenvalue weighted by molar-refractivity contribution is 5.25. The lowest BCUT2D eigenvalue weighted by molar-refractivity contribution is 0.201. The van der Waals surface area contributed by atoms with Crippen LogP contribution in [0.2, 0.25) is 0 Å². The van der Waals surface area contributed by atoms with Gasteiger partial charge in [0.15, 0.2) is 0 Å². The van der Waals surface area contributed by atoms with E-state index in [9.17, 15) is 0 Å². The molecule has 0 aliphatic heterocycles. The number of hydrogen-bond acceptors (Lipinski definition) is 6. The minimum absolute atomic E-state index is 0.355. The third-order valence-corrected chi connectivity index (χ3v) is 2.69. The lowest BCUT2D eigenvalue weighted by Crippen LogP contribution is -2.35. The molecular formula is C11H22N4O2. The van der Waals surface area contributed by atoms with Crippen LogP contribution < -0.4 is 10.2 Å². The molecule has 1 aromatic heterocycles. The van der Waals surface area contributed by atoms with Crippen LogP contribution in [0.4, 0.5) is 6.01 Å². The molecule has 0 spiro atoms. The molecule has 0 aromatic carbocycles. The van der Waals surface area contributed by atoms with Crippen molar-refractivity contribution < 1.29 is 9.15 Å². The van der Waals surface area contributed by atoms with E-state index in [1.807, 2.05) is 7.05 Å². The number of nitrogens with one attached hydrogen (secondary N) is 1. The molecule has 1 aromatic rings. The summed E-state index contributed by atoms with van der Waals surface area (Å²) in [5, 5.41) is 11.0. The average Bonchev–Trinajstić information content (AvgIpc) is 2.78. The molecule has 6 heteroatoms. The molecule has 6 nitrogen and oxygen atoms in total. The van der Waals surface area contributed by atoms with Gasteiger partial charge in [0, 0.05) is 19.7 Å². The van der Waals surface area contributed by atoms with Crippen molar-refractivity contribution in [3.05, 3.63) is 5.89 Å². The van der Waals surface area contributed by atoms with Crippen molar-refractivity contribution in [3.8, 4) is 0 Å². The quantitative estimate of drug-likeness (QED) is 0.735. The van der Waals surface area contributed by atoms with Gasteiger partial charge in [0.2, 0.25) is 5.89 Å². The molecule has 1 unspecified atom stereocenters. The van der Waals surface area contributed by atoms with Gasteiger partial charge < -0.3 is 19.4 Å². The van der Waals surface area contributed by atoms with E-state index in [0.717, 1.165) is 13.0 Å². The van der Waals surface area contributed by atoms with Crippen LogP contribution in [0.5, 0.6) is 0 Å². The number of methoxy groups -OCH3 is 1. The van der Waals surface area contributed by atoms with Crippen molar-refractivity contribution in [2.24, 2.45) is 0 Å². The molecule has 1 rings (SSSR count). The lowest BCUT2D eigenvalue weighted by atomic mass is 10.2. The van der Waals surface area contributed by atoms with Gasteiger partial charge in [-0.2, -0.15) is 0 Å². The number of anilines is 1. The molecule has 0 aliphatic carbocycles. The summed E-state index contributed by atoms with van der Waals surface area (Å²) in [5.74, 6) is 0.605. The largest absolute Gasteiger partial charge is 0.407 e. The van der Waals surface area contributed by atoms with Crippen LogP contribution in [0, 0.1) is 0 Å². The molecule has 0 bridgehead atoms. The van der Waals surface area contributed by atoms with E-state index in [-0.39, 0.29) is 0 Å². The summed E-state index contributed by atoms with van der Waals surface area (Å²) in [6, 6.07) is 0.926. The zero-order chi connectivity index (χ0) is 12.7. The maximum absolute atomic E-state index is 5.59. The number of aromatic nitrogens is 2. The third-order valence-electron chi connectivity index (χ3n) is 2.69. The Morgan fingerprint density at radius 2 is 2.24 bits per heavy atom. The standard InChI is InChI=1S/C11H22N4O2/c1-5-9(2)15(6-7-16-4)11-14-13-10(17-11)8-12-3/h9,12H,5-8H2,1-4H3. The highest BCUT2D eigenvalue weighted by atomic mass is 16.5. The van der Waals surface area contributed by atoms with Crippen molar-refractivity contribution >= 4 is 6.01 Å². The minimum atomic E-state index is 0.355. The van der Waals surface area contributed by atoms with Crippen molar-refractivity contribution in [2.75, 3.05) is 32.2 Å². The van der Waals surface area contributed by atoms with Crippen LogP contribution in [-0.2, 0) is 11.3 Å². The topological polar surface area (TPSA) is 63.4 Å². The molecule has 0 aliphatic rings. The van der Waals surface area contributed by atoms with Crippen LogP contribution in [0.3, 0.4) is 0 Å². The van der Waals surface area contributed by atoms with Gasteiger partial charge in [0.1, 0.15) is 0 Å². The molecule has 0 radical (unpaired) electrons. The lowest BCUT2D eigenvalue weighted by Gasteiger charge is -2.25. The van der Waals surface area contributed by atoms with Gasteiger partial charge in [-0.25, -0.2) is 0 Å². The predicted molar refractivity (Wildman–Crippen MR) is 66.0 cm³/mol. The second kappa shape index (κ2) is 7.24. The van der Waals surface area contributed by atoms with Gasteiger partial charge in [-0.05, 0) is 20.4 Å². The summed E-state index contributed by atoms with van der Waals surface area (Å²) in [5.41, 5.74) is 0. The Morgan fingerprint density at radius 3 is 2.82 bits per heavy atom. The highest BCUT2D eigenvalue weighted by Crippen LogP contribution is 2.16. The molecule has 17 heavy (non-hydrogen) atoms. The first-order chi connectivity index (χ1) is 8.22. The molecule has 1 N–H and O–H groups in total. The van der Waals surface area contributed by atoms with Gasteiger partial charge in [0.25, 0.3) is 0 Å². The van der Waals surface area contributed by atoms with Crippen LogP contribution >= 0.6 is 0 Å². The zero-order valence-corrected chi connectivity index (χ0v) is 11.1. The molecule has 1 atom stereocenters. The van der Waals surface area contributed by atoms with Gasteiger partial charge in [-0.1, -0.05) is 12.0 Å².